The van der Waals surface area contributed by atoms with Crippen LogP contribution in [0.25, 0.3) is 0 Å². The minimum atomic E-state index is -0.948. The van der Waals surface area contributed by atoms with E-state index < -0.39 is 17.7 Å². The first kappa shape index (κ1) is 14.9. The smallest absolute Gasteiger partial charge is 0.173 e. The van der Waals surface area contributed by atoms with Crippen LogP contribution in [-0.2, 0) is 4.74 Å². The SMILES string of the molecule is OC(CCCC1CCCO1)c1ccc(F)c(F)c1Br. The number of rotatable bonds is 5. The molecule has 1 saturated heterocycles. The summed E-state index contributed by atoms with van der Waals surface area (Å²) in [5.41, 5.74) is 0.395. The Bertz CT molecular complexity index is 434. The van der Waals surface area contributed by atoms with Gasteiger partial charge in [0, 0.05) is 6.61 Å². The van der Waals surface area contributed by atoms with E-state index >= 15 is 0 Å². The molecule has 0 bridgehead atoms. The predicted molar refractivity (Wildman–Crippen MR) is 71.8 cm³/mol. The van der Waals surface area contributed by atoms with Gasteiger partial charge < -0.3 is 9.84 Å². The van der Waals surface area contributed by atoms with Crippen molar-refractivity contribution in [3.05, 3.63) is 33.8 Å². The van der Waals surface area contributed by atoms with Crippen molar-refractivity contribution in [2.45, 2.75) is 44.3 Å². The second kappa shape index (κ2) is 6.77. The van der Waals surface area contributed by atoms with Crippen LogP contribution in [0.3, 0.4) is 0 Å². The molecule has 2 unspecified atom stereocenters. The number of hydrogen-bond donors (Lipinski definition) is 1. The zero-order valence-electron chi connectivity index (χ0n) is 10.5. The first-order valence-corrected chi connectivity index (χ1v) is 7.32. The van der Waals surface area contributed by atoms with Gasteiger partial charge >= 0.3 is 0 Å². The molecule has 1 aliphatic heterocycles. The second-order valence-corrected chi connectivity index (χ2v) is 5.64. The van der Waals surface area contributed by atoms with E-state index in [9.17, 15) is 13.9 Å². The van der Waals surface area contributed by atoms with Crippen molar-refractivity contribution < 1.29 is 18.6 Å². The van der Waals surface area contributed by atoms with E-state index in [-0.39, 0.29) is 4.47 Å². The number of benzene rings is 1. The summed E-state index contributed by atoms with van der Waals surface area (Å²) in [6.45, 7) is 0.821. The molecule has 2 rings (SSSR count). The zero-order chi connectivity index (χ0) is 13.8. The maximum absolute atomic E-state index is 13.4. The molecular formula is C14H17BrF2O2. The highest BCUT2D eigenvalue weighted by molar-refractivity contribution is 9.10. The van der Waals surface area contributed by atoms with Crippen molar-refractivity contribution in [3.63, 3.8) is 0 Å². The lowest BCUT2D eigenvalue weighted by Gasteiger charge is -2.15. The van der Waals surface area contributed by atoms with Gasteiger partial charge in [0.15, 0.2) is 11.6 Å². The maximum Gasteiger partial charge on any atom is 0.173 e. The molecule has 0 amide bonds. The van der Waals surface area contributed by atoms with E-state index in [1.165, 1.54) is 6.07 Å². The van der Waals surface area contributed by atoms with Gasteiger partial charge in [-0.3, -0.25) is 0 Å². The molecule has 2 nitrogen and oxygen atoms in total. The summed E-state index contributed by atoms with van der Waals surface area (Å²) >= 11 is 2.99. The molecule has 1 heterocycles. The van der Waals surface area contributed by atoms with Gasteiger partial charge in [-0.25, -0.2) is 8.78 Å². The molecule has 0 aromatic heterocycles. The Morgan fingerprint density at radius 1 is 1.42 bits per heavy atom. The average molecular weight is 335 g/mol. The third kappa shape index (κ3) is 3.74. The minimum Gasteiger partial charge on any atom is -0.388 e. The quantitative estimate of drug-likeness (QED) is 0.821. The lowest BCUT2D eigenvalue weighted by Crippen LogP contribution is -2.07. The Kier molecular flexibility index (Phi) is 5.30. The van der Waals surface area contributed by atoms with Gasteiger partial charge in [-0.1, -0.05) is 6.07 Å². The lowest BCUT2D eigenvalue weighted by molar-refractivity contribution is 0.0943. The molecule has 106 valence electrons. The Morgan fingerprint density at radius 2 is 2.21 bits per heavy atom. The summed E-state index contributed by atoms with van der Waals surface area (Å²) in [6.07, 6.45) is 3.90. The Hall–Kier alpha value is -0.520. The van der Waals surface area contributed by atoms with Gasteiger partial charge in [0.1, 0.15) is 0 Å². The molecule has 1 aromatic carbocycles. The van der Waals surface area contributed by atoms with Crippen molar-refractivity contribution in [1.82, 2.24) is 0 Å². The van der Waals surface area contributed by atoms with E-state index in [1.54, 1.807) is 0 Å². The summed E-state index contributed by atoms with van der Waals surface area (Å²) in [6, 6.07) is 2.46. The monoisotopic (exact) mass is 334 g/mol. The highest BCUT2D eigenvalue weighted by atomic mass is 79.9. The normalized spacial score (nSPS) is 20.7. The van der Waals surface area contributed by atoms with Crippen LogP contribution in [0.4, 0.5) is 8.78 Å². The largest absolute Gasteiger partial charge is 0.388 e. The van der Waals surface area contributed by atoms with E-state index in [0.717, 1.165) is 38.4 Å². The molecule has 19 heavy (non-hydrogen) atoms. The van der Waals surface area contributed by atoms with Crippen LogP contribution in [0.15, 0.2) is 16.6 Å². The van der Waals surface area contributed by atoms with Crippen LogP contribution >= 0.6 is 15.9 Å². The number of ether oxygens (including phenoxy) is 1. The van der Waals surface area contributed by atoms with Crippen LogP contribution < -0.4 is 0 Å². The number of hydrogen-bond acceptors (Lipinski definition) is 2. The van der Waals surface area contributed by atoms with Crippen molar-refractivity contribution in [1.29, 1.82) is 0 Å². The number of aliphatic hydroxyl groups excluding tert-OH is 1. The first-order valence-electron chi connectivity index (χ1n) is 6.52. The average Bonchev–Trinajstić information content (AvgIpc) is 2.89. The van der Waals surface area contributed by atoms with Crippen LogP contribution in [0.5, 0.6) is 0 Å². The minimum absolute atomic E-state index is 0.0112. The van der Waals surface area contributed by atoms with E-state index in [1.807, 2.05) is 0 Å². The third-order valence-electron chi connectivity index (χ3n) is 3.45. The lowest BCUT2D eigenvalue weighted by atomic mass is 10.0. The number of halogens is 3. The summed E-state index contributed by atoms with van der Waals surface area (Å²) in [7, 11) is 0. The summed E-state index contributed by atoms with van der Waals surface area (Å²) in [4.78, 5) is 0. The highest BCUT2D eigenvalue weighted by Gasteiger charge is 2.19. The molecule has 1 N–H and O–H groups in total. The fourth-order valence-corrected chi connectivity index (χ4v) is 2.95. The fourth-order valence-electron chi connectivity index (χ4n) is 2.36. The van der Waals surface area contributed by atoms with Gasteiger partial charge in [0.2, 0.25) is 0 Å². The van der Waals surface area contributed by atoms with Gasteiger partial charge in [-0.15, -0.1) is 0 Å². The molecule has 0 aliphatic carbocycles. The van der Waals surface area contributed by atoms with Crippen molar-refractivity contribution in [2.24, 2.45) is 0 Å². The molecule has 1 aromatic rings. The molecule has 0 radical (unpaired) electrons. The Morgan fingerprint density at radius 3 is 2.89 bits per heavy atom. The molecular weight excluding hydrogens is 318 g/mol. The van der Waals surface area contributed by atoms with E-state index in [2.05, 4.69) is 15.9 Å². The maximum atomic E-state index is 13.4. The van der Waals surface area contributed by atoms with Crippen molar-refractivity contribution in [2.75, 3.05) is 6.61 Å². The summed E-state index contributed by atoms with van der Waals surface area (Å²) < 4.78 is 31.9. The van der Waals surface area contributed by atoms with Crippen LogP contribution in [-0.4, -0.2) is 17.8 Å². The predicted octanol–water partition coefficient (Wildman–Crippen LogP) is 4.11. The van der Waals surface area contributed by atoms with Gasteiger partial charge in [-0.05, 0) is 59.7 Å². The van der Waals surface area contributed by atoms with Crippen molar-refractivity contribution in [3.8, 4) is 0 Å². The topological polar surface area (TPSA) is 29.5 Å². The second-order valence-electron chi connectivity index (χ2n) is 4.85. The number of aliphatic hydroxyl groups is 1. The molecule has 0 saturated carbocycles. The van der Waals surface area contributed by atoms with Crippen molar-refractivity contribution >= 4 is 15.9 Å². The molecule has 5 heteroatoms. The van der Waals surface area contributed by atoms with Gasteiger partial charge in [0.05, 0.1) is 16.7 Å². The molecule has 1 fully saturated rings. The van der Waals surface area contributed by atoms with Gasteiger partial charge in [0.25, 0.3) is 0 Å². The third-order valence-corrected chi connectivity index (χ3v) is 4.26. The fraction of sp³-hybridized carbons (Fsp3) is 0.571. The van der Waals surface area contributed by atoms with Crippen LogP contribution in [0.1, 0.15) is 43.8 Å². The van der Waals surface area contributed by atoms with E-state index in [4.69, 9.17) is 4.74 Å². The van der Waals surface area contributed by atoms with Gasteiger partial charge in [-0.2, -0.15) is 0 Å². The van der Waals surface area contributed by atoms with Crippen LogP contribution in [0, 0.1) is 11.6 Å². The Labute approximate surface area is 119 Å². The Balaban J connectivity index is 1.88. The zero-order valence-corrected chi connectivity index (χ0v) is 12.1. The molecule has 2 atom stereocenters. The highest BCUT2D eigenvalue weighted by Crippen LogP contribution is 2.31. The summed E-state index contributed by atoms with van der Waals surface area (Å²) in [5.74, 6) is -1.86. The molecule has 0 spiro atoms. The van der Waals surface area contributed by atoms with E-state index in [0.29, 0.717) is 18.1 Å². The summed E-state index contributed by atoms with van der Waals surface area (Å²) in [5, 5.41) is 10.0. The van der Waals surface area contributed by atoms with Crippen LogP contribution in [0.2, 0.25) is 0 Å². The standard InChI is InChI=1S/C14H17BrF2O2/c15-13-10(6-7-11(16)14(13)17)12(18)5-1-3-9-4-2-8-19-9/h6-7,9,12,18H,1-5,8H2. The molecule has 1 aliphatic rings. The first-order chi connectivity index (χ1) is 9.09.